The van der Waals surface area contributed by atoms with Crippen LogP contribution in [0.15, 0.2) is 88.2 Å². The molecule has 7 nitrogen and oxygen atoms in total. The predicted octanol–water partition coefficient (Wildman–Crippen LogP) is 5.33. The number of nitrogens with zero attached hydrogens (tertiary/aromatic N) is 2. The van der Waals surface area contributed by atoms with Crippen LogP contribution >= 0.6 is 15.9 Å². The summed E-state index contributed by atoms with van der Waals surface area (Å²) in [6, 6.07) is 22.3. The van der Waals surface area contributed by atoms with Crippen molar-refractivity contribution in [2.75, 3.05) is 23.9 Å². The van der Waals surface area contributed by atoms with Crippen LogP contribution in [0.4, 0.5) is 5.69 Å². The molecule has 208 valence electrons. The summed E-state index contributed by atoms with van der Waals surface area (Å²) in [7, 11) is -4.08. The molecule has 0 saturated carbocycles. The minimum atomic E-state index is -4.08. The standard InChI is InChI=1S/C30H36BrN3O4S/c1-4-20-32-30(36)28(5-2)33(21-19-24-9-7-6-8-10-24)29(35)22-34(26-15-13-25(31)14-16-26)39(37,38)27-17-11-23(3)12-18-27/h6-18,28H,4-5,19-22H2,1-3H3,(H,32,36)/t28-/m1/s1. The highest BCUT2D eigenvalue weighted by molar-refractivity contribution is 9.10. The lowest BCUT2D eigenvalue weighted by Gasteiger charge is -2.33. The van der Waals surface area contributed by atoms with Gasteiger partial charge in [0.1, 0.15) is 12.6 Å². The van der Waals surface area contributed by atoms with Crippen molar-refractivity contribution >= 4 is 43.5 Å². The first-order valence-electron chi connectivity index (χ1n) is 13.1. The maximum absolute atomic E-state index is 14.0. The molecule has 1 N–H and O–H groups in total. The molecule has 2 amide bonds. The van der Waals surface area contributed by atoms with Crippen molar-refractivity contribution in [3.63, 3.8) is 0 Å². The third-order valence-electron chi connectivity index (χ3n) is 6.42. The molecule has 0 aromatic heterocycles. The number of hydrogen-bond donors (Lipinski definition) is 1. The number of anilines is 1. The fraction of sp³-hybridized carbons (Fsp3) is 0.333. The molecule has 0 radical (unpaired) electrons. The van der Waals surface area contributed by atoms with Crippen molar-refractivity contribution in [3.8, 4) is 0 Å². The maximum atomic E-state index is 14.0. The third-order valence-corrected chi connectivity index (χ3v) is 8.74. The fourth-order valence-corrected chi connectivity index (χ4v) is 5.91. The molecule has 3 aromatic rings. The summed E-state index contributed by atoms with van der Waals surface area (Å²) in [5.41, 5.74) is 2.31. The number of rotatable bonds is 13. The Kier molecular flexibility index (Phi) is 11.1. The van der Waals surface area contributed by atoms with Gasteiger partial charge in [-0.2, -0.15) is 0 Å². The number of halogens is 1. The molecule has 0 unspecified atom stereocenters. The normalized spacial score (nSPS) is 12.0. The Morgan fingerprint density at radius 3 is 2.15 bits per heavy atom. The van der Waals surface area contributed by atoms with E-state index in [0.29, 0.717) is 25.1 Å². The number of nitrogens with one attached hydrogen (secondary N) is 1. The van der Waals surface area contributed by atoms with Gasteiger partial charge >= 0.3 is 0 Å². The average Bonchev–Trinajstić information content (AvgIpc) is 2.93. The zero-order chi connectivity index (χ0) is 28.4. The van der Waals surface area contributed by atoms with Crippen molar-refractivity contribution in [1.29, 1.82) is 0 Å². The van der Waals surface area contributed by atoms with Gasteiger partial charge in [-0.25, -0.2) is 8.42 Å². The number of benzene rings is 3. The van der Waals surface area contributed by atoms with Crippen LogP contribution in [0.3, 0.4) is 0 Å². The van der Waals surface area contributed by atoms with Crippen molar-refractivity contribution in [1.82, 2.24) is 10.2 Å². The second-order valence-electron chi connectivity index (χ2n) is 9.34. The van der Waals surface area contributed by atoms with Crippen LogP contribution in [0.2, 0.25) is 0 Å². The second-order valence-corrected chi connectivity index (χ2v) is 12.1. The molecule has 9 heteroatoms. The van der Waals surface area contributed by atoms with Crippen LogP contribution < -0.4 is 9.62 Å². The van der Waals surface area contributed by atoms with Gasteiger partial charge in [-0.05, 0) is 68.1 Å². The molecule has 3 aromatic carbocycles. The average molecular weight is 615 g/mol. The molecule has 0 aliphatic carbocycles. The first kappa shape index (κ1) is 30.4. The first-order chi connectivity index (χ1) is 18.7. The van der Waals surface area contributed by atoms with Crippen molar-refractivity contribution in [3.05, 3.63) is 94.5 Å². The van der Waals surface area contributed by atoms with Crippen LogP contribution in [-0.4, -0.2) is 50.8 Å². The molecule has 0 fully saturated rings. The second kappa shape index (κ2) is 14.3. The van der Waals surface area contributed by atoms with E-state index >= 15 is 0 Å². The number of carbonyl (C=O) groups is 2. The Bertz CT molecular complexity index is 1330. The highest BCUT2D eigenvalue weighted by Crippen LogP contribution is 2.26. The molecule has 0 aliphatic heterocycles. The number of carbonyl (C=O) groups excluding carboxylic acids is 2. The highest BCUT2D eigenvalue weighted by Gasteiger charge is 2.33. The van der Waals surface area contributed by atoms with Gasteiger partial charge in [-0.15, -0.1) is 0 Å². The summed E-state index contributed by atoms with van der Waals surface area (Å²) in [4.78, 5) is 28.7. The van der Waals surface area contributed by atoms with Gasteiger partial charge in [0.05, 0.1) is 10.6 Å². The van der Waals surface area contributed by atoms with Gasteiger partial charge in [0.2, 0.25) is 11.8 Å². The lowest BCUT2D eigenvalue weighted by molar-refractivity contribution is -0.139. The van der Waals surface area contributed by atoms with Gasteiger partial charge in [0, 0.05) is 17.6 Å². The molecule has 0 spiro atoms. The monoisotopic (exact) mass is 613 g/mol. The maximum Gasteiger partial charge on any atom is 0.264 e. The first-order valence-corrected chi connectivity index (χ1v) is 15.4. The fourth-order valence-electron chi connectivity index (χ4n) is 4.24. The van der Waals surface area contributed by atoms with Gasteiger partial charge in [0.15, 0.2) is 0 Å². The van der Waals surface area contributed by atoms with E-state index < -0.39 is 28.5 Å². The van der Waals surface area contributed by atoms with E-state index in [0.717, 1.165) is 26.3 Å². The topological polar surface area (TPSA) is 86.8 Å². The Hall–Kier alpha value is -3.17. The largest absolute Gasteiger partial charge is 0.354 e. The minimum absolute atomic E-state index is 0.0902. The summed E-state index contributed by atoms with van der Waals surface area (Å²) < 4.78 is 29.6. The van der Waals surface area contributed by atoms with Crippen LogP contribution in [-0.2, 0) is 26.0 Å². The van der Waals surface area contributed by atoms with E-state index in [9.17, 15) is 18.0 Å². The van der Waals surface area contributed by atoms with Crippen molar-refractivity contribution < 1.29 is 18.0 Å². The Labute approximate surface area is 240 Å². The lowest BCUT2D eigenvalue weighted by atomic mass is 10.1. The van der Waals surface area contributed by atoms with Crippen LogP contribution in [0.25, 0.3) is 0 Å². The SMILES string of the molecule is CCCNC(=O)[C@@H](CC)N(CCc1ccccc1)C(=O)CN(c1ccc(Br)cc1)S(=O)(=O)c1ccc(C)cc1. The van der Waals surface area contributed by atoms with Gasteiger partial charge in [-0.3, -0.25) is 13.9 Å². The summed E-state index contributed by atoms with van der Waals surface area (Å²) >= 11 is 3.39. The highest BCUT2D eigenvalue weighted by atomic mass is 79.9. The number of amides is 2. The van der Waals surface area contributed by atoms with Crippen molar-refractivity contribution in [2.24, 2.45) is 0 Å². The molecular weight excluding hydrogens is 578 g/mol. The van der Waals surface area contributed by atoms with E-state index in [1.165, 1.54) is 4.90 Å². The van der Waals surface area contributed by atoms with E-state index in [-0.39, 0.29) is 17.3 Å². The molecule has 0 bridgehead atoms. The Morgan fingerprint density at radius 2 is 1.56 bits per heavy atom. The summed E-state index contributed by atoms with van der Waals surface area (Å²) in [5, 5.41) is 2.90. The lowest BCUT2D eigenvalue weighted by Crippen LogP contribution is -2.53. The van der Waals surface area contributed by atoms with Crippen LogP contribution in [0.1, 0.15) is 37.8 Å². The molecule has 1 atom stereocenters. The summed E-state index contributed by atoms with van der Waals surface area (Å²) in [6.07, 6.45) is 1.71. The molecule has 0 aliphatic rings. The van der Waals surface area contributed by atoms with Gasteiger partial charge in [0.25, 0.3) is 10.0 Å². The number of aryl methyl sites for hydroxylation is 1. The van der Waals surface area contributed by atoms with E-state index in [4.69, 9.17) is 0 Å². The van der Waals surface area contributed by atoms with Gasteiger partial charge in [-0.1, -0.05) is 77.8 Å². The predicted molar refractivity (Wildman–Crippen MR) is 159 cm³/mol. The molecule has 0 heterocycles. The third kappa shape index (κ3) is 8.16. The van der Waals surface area contributed by atoms with Crippen LogP contribution in [0, 0.1) is 6.92 Å². The molecular formula is C30H36BrN3O4S. The number of hydrogen-bond acceptors (Lipinski definition) is 4. The van der Waals surface area contributed by atoms with E-state index in [1.807, 2.05) is 51.1 Å². The van der Waals surface area contributed by atoms with E-state index in [1.54, 1.807) is 48.5 Å². The zero-order valence-electron chi connectivity index (χ0n) is 22.6. The minimum Gasteiger partial charge on any atom is -0.354 e. The summed E-state index contributed by atoms with van der Waals surface area (Å²) in [6.45, 7) is 6.04. The van der Waals surface area contributed by atoms with Crippen LogP contribution in [0.5, 0.6) is 0 Å². The van der Waals surface area contributed by atoms with Gasteiger partial charge < -0.3 is 10.2 Å². The summed E-state index contributed by atoms with van der Waals surface area (Å²) in [5.74, 6) is -0.680. The molecule has 0 saturated heterocycles. The zero-order valence-corrected chi connectivity index (χ0v) is 25.0. The number of sulfonamides is 1. The smallest absolute Gasteiger partial charge is 0.264 e. The van der Waals surface area contributed by atoms with E-state index in [2.05, 4.69) is 21.2 Å². The molecule has 39 heavy (non-hydrogen) atoms. The Balaban J connectivity index is 1.99. The Morgan fingerprint density at radius 1 is 0.923 bits per heavy atom. The molecule has 3 rings (SSSR count). The quantitative estimate of drug-likeness (QED) is 0.282. The van der Waals surface area contributed by atoms with Crippen molar-refractivity contribution in [2.45, 2.75) is 51.0 Å².